The van der Waals surface area contributed by atoms with Crippen LogP contribution >= 0.6 is 15.9 Å². The van der Waals surface area contributed by atoms with Gasteiger partial charge in [-0.3, -0.25) is 0 Å². The van der Waals surface area contributed by atoms with Crippen molar-refractivity contribution in [2.45, 2.75) is 43.5 Å². The Morgan fingerprint density at radius 3 is 2.71 bits per heavy atom. The summed E-state index contributed by atoms with van der Waals surface area (Å²) in [6.45, 7) is 2.39. The van der Waals surface area contributed by atoms with Gasteiger partial charge in [-0.2, -0.15) is 4.31 Å². The zero-order valence-electron chi connectivity index (χ0n) is 11.8. The Balaban J connectivity index is 2.43. The Labute approximate surface area is 133 Å². The Morgan fingerprint density at radius 1 is 1.33 bits per heavy atom. The fraction of sp³-hybridized carbons (Fsp3) is 0.500. The third kappa shape index (κ3) is 3.46. The number of carbonyl (C=O) groups is 1. The lowest BCUT2D eigenvalue weighted by Gasteiger charge is -2.26. The van der Waals surface area contributed by atoms with Crippen molar-refractivity contribution in [1.29, 1.82) is 0 Å². The van der Waals surface area contributed by atoms with Crippen molar-refractivity contribution in [2.75, 3.05) is 6.54 Å². The average Bonchev–Trinajstić information content (AvgIpc) is 2.63. The van der Waals surface area contributed by atoms with Gasteiger partial charge in [0, 0.05) is 17.1 Å². The van der Waals surface area contributed by atoms with E-state index < -0.39 is 16.0 Å². The van der Waals surface area contributed by atoms with Gasteiger partial charge in [0.25, 0.3) is 0 Å². The number of aromatic carboxylic acids is 1. The zero-order chi connectivity index (χ0) is 15.6. The first kappa shape index (κ1) is 16.5. The summed E-state index contributed by atoms with van der Waals surface area (Å²) in [5.74, 6) is -1.15. The lowest BCUT2D eigenvalue weighted by molar-refractivity contribution is 0.0695. The van der Waals surface area contributed by atoms with Crippen LogP contribution in [0.3, 0.4) is 0 Å². The minimum atomic E-state index is -3.66. The van der Waals surface area contributed by atoms with Crippen LogP contribution in [0.2, 0.25) is 0 Å². The van der Waals surface area contributed by atoms with E-state index in [0.29, 0.717) is 11.0 Å². The molecule has 1 fully saturated rings. The highest BCUT2D eigenvalue weighted by Gasteiger charge is 2.30. The Kier molecular flexibility index (Phi) is 5.06. The molecule has 21 heavy (non-hydrogen) atoms. The second kappa shape index (κ2) is 6.46. The lowest BCUT2D eigenvalue weighted by Crippen LogP contribution is -2.38. The Morgan fingerprint density at radius 2 is 2.05 bits per heavy atom. The third-order valence-electron chi connectivity index (χ3n) is 3.77. The van der Waals surface area contributed by atoms with Crippen LogP contribution < -0.4 is 0 Å². The van der Waals surface area contributed by atoms with Crippen LogP contribution in [0.25, 0.3) is 0 Å². The highest BCUT2D eigenvalue weighted by molar-refractivity contribution is 9.10. The van der Waals surface area contributed by atoms with Crippen LogP contribution in [0, 0.1) is 0 Å². The molecule has 0 saturated carbocycles. The number of rotatable bonds is 3. The normalized spacial score (nSPS) is 21.0. The van der Waals surface area contributed by atoms with Gasteiger partial charge < -0.3 is 5.11 Å². The second-order valence-corrected chi connectivity index (χ2v) is 8.01. The quantitative estimate of drug-likeness (QED) is 0.880. The van der Waals surface area contributed by atoms with Crippen LogP contribution in [0.1, 0.15) is 43.0 Å². The number of hydrogen-bond acceptors (Lipinski definition) is 3. The summed E-state index contributed by atoms with van der Waals surface area (Å²) in [6, 6.07) is 4.08. The minimum absolute atomic E-state index is 0.0388. The third-order valence-corrected chi connectivity index (χ3v) is 6.47. The van der Waals surface area contributed by atoms with E-state index in [1.54, 1.807) is 0 Å². The smallest absolute Gasteiger partial charge is 0.336 e. The van der Waals surface area contributed by atoms with Gasteiger partial charge in [0.2, 0.25) is 10.0 Å². The van der Waals surface area contributed by atoms with Crippen LogP contribution in [0.15, 0.2) is 27.6 Å². The standard InChI is InChI=1S/C14H18BrNO4S/c1-10-5-3-2-4-8-16(10)21(19,20)11-6-7-13(15)12(9-11)14(17)18/h6-7,9-10H,2-5,8H2,1H3,(H,17,18). The molecule has 1 saturated heterocycles. The van der Waals surface area contributed by atoms with E-state index in [2.05, 4.69) is 15.9 Å². The first-order valence-corrected chi connectivity index (χ1v) is 9.12. The summed E-state index contributed by atoms with van der Waals surface area (Å²) in [6.07, 6.45) is 3.72. The molecule has 1 aliphatic heterocycles. The largest absolute Gasteiger partial charge is 0.478 e. The molecule has 0 radical (unpaired) electrons. The fourth-order valence-electron chi connectivity index (χ4n) is 2.57. The molecule has 1 atom stereocenters. The molecule has 0 aromatic heterocycles. The fourth-order valence-corrected chi connectivity index (χ4v) is 4.71. The van der Waals surface area contributed by atoms with Crippen molar-refractivity contribution in [2.24, 2.45) is 0 Å². The first-order valence-electron chi connectivity index (χ1n) is 6.88. The van der Waals surface area contributed by atoms with Gasteiger partial charge >= 0.3 is 5.97 Å². The van der Waals surface area contributed by atoms with E-state index in [9.17, 15) is 13.2 Å². The van der Waals surface area contributed by atoms with Crippen LogP contribution in [-0.4, -0.2) is 36.4 Å². The highest BCUT2D eigenvalue weighted by Crippen LogP contribution is 2.27. The maximum Gasteiger partial charge on any atom is 0.336 e. The Bertz CT molecular complexity index is 644. The maximum atomic E-state index is 12.8. The van der Waals surface area contributed by atoms with Gasteiger partial charge in [-0.05, 0) is 53.9 Å². The number of halogens is 1. The zero-order valence-corrected chi connectivity index (χ0v) is 14.2. The summed E-state index contributed by atoms with van der Waals surface area (Å²) in [5, 5.41) is 9.12. The van der Waals surface area contributed by atoms with E-state index >= 15 is 0 Å². The minimum Gasteiger partial charge on any atom is -0.478 e. The molecule has 116 valence electrons. The molecule has 0 bridgehead atoms. The molecule has 1 N–H and O–H groups in total. The average molecular weight is 376 g/mol. The summed E-state index contributed by atoms with van der Waals surface area (Å²) in [4.78, 5) is 11.2. The highest BCUT2D eigenvalue weighted by atomic mass is 79.9. The van der Waals surface area contributed by atoms with Gasteiger partial charge in [-0.15, -0.1) is 0 Å². The molecule has 7 heteroatoms. The van der Waals surface area contributed by atoms with Gasteiger partial charge in [0.15, 0.2) is 0 Å². The second-order valence-electron chi connectivity index (χ2n) is 5.26. The molecule has 1 aliphatic rings. The molecule has 1 heterocycles. The lowest BCUT2D eigenvalue weighted by atomic mass is 10.1. The molecular formula is C14H18BrNO4S. The van der Waals surface area contributed by atoms with Gasteiger partial charge in [0.1, 0.15) is 0 Å². The van der Waals surface area contributed by atoms with E-state index in [4.69, 9.17) is 5.11 Å². The van der Waals surface area contributed by atoms with Crippen LogP contribution in [0.5, 0.6) is 0 Å². The topological polar surface area (TPSA) is 74.7 Å². The summed E-state index contributed by atoms with van der Waals surface area (Å²) in [5.41, 5.74) is -0.0430. The predicted molar refractivity (Wildman–Crippen MR) is 82.9 cm³/mol. The van der Waals surface area contributed by atoms with Crippen molar-refractivity contribution in [3.63, 3.8) is 0 Å². The van der Waals surface area contributed by atoms with Gasteiger partial charge in [-0.25, -0.2) is 13.2 Å². The summed E-state index contributed by atoms with van der Waals surface area (Å²) >= 11 is 3.13. The van der Waals surface area contributed by atoms with Crippen molar-refractivity contribution in [3.05, 3.63) is 28.2 Å². The van der Waals surface area contributed by atoms with E-state index in [1.807, 2.05) is 6.92 Å². The molecular weight excluding hydrogens is 358 g/mol. The molecule has 5 nitrogen and oxygen atoms in total. The van der Waals surface area contributed by atoms with Crippen LogP contribution in [-0.2, 0) is 10.0 Å². The monoisotopic (exact) mass is 375 g/mol. The number of benzene rings is 1. The molecule has 0 amide bonds. The predicted octanol–water partition coefficient (Wildman–Crippen LogP) is 3.10. The molecule has 1 aromatic carbocycles. The number of carboxylic acid groups (broad SMARTS) is 1. The number of hydrogen-bond donors (Lipinski definition) is 1. The molecule has 0 aliphatic carbocycles. The number of carboxylic acids is 1. The summed E-state index contributed by atoms with van der Waals surface area (Å²) in [7, 11) is -3.66. The van der Waals surface area contributed by atoms with Crippen LogP contribution in [0.4, 0.5) is 0 Å². The molecule has 0 spiro atoms. The molecule has 1 aromatic rings. The van der Waals surface area contributed by atoms with Crippen molar-refractivity contribution < 1.29 is 18.3 Å². The molecule has 1 unspecified atom stereocenters. The SMILES string of the molecule is CC1CCCCCN1S(=O)(=O)c1ccc(Br)c(C(=O)O)c1. The van der Waals surface area contributed by atoms with Crippen molar-refractivity contribution in [1.82, 2.24) is 4.31 Å². The molecule has 2 rings (SSSR count). The van der Waals surface area contributed by atoms with Gasteiger partial charge in [0.05, 0.1) is 10.5 Å². The maximum absolute atomic E-state index is 12.8. The Hall–Kier alpha value is -0.920. The number of sulfonamides is 1. The van der Waals surface area contributed by atoms with Gasteiger partial charge in [-0.1, -0.05) is 12.8 Å². The van der Waals surface area contributed by atoms with E-state index in [-0.39, 0.29) is 16.5 Å². The van der Waals surface area contributed by atoms with E-state index in [1.165, 1.54) is 22.5 Å². The summed E-state index contributed by atoms with van der Waals surface area (Å²) < 4.78 is 27.4. The van der Waals surface area contributed by atoms with E-state index in [0.717, 1.165) is 25.7 Å². The van der Waals surface area contributed by atoms with Crippen molar-refractivity contribution >= 4 is 31.9 Å². The number of nitrogens with zero attached hydrogens (tertiary/aromatic N) is 1. The first-order chi connectivity index (χ1) is 9.84. The van der Waals surface area contributed by atoms with Crippen molar-refractivity contribution in [3.8, 4) is 0 Å².